The van der Waals surface area contributed by atoms with Gasteiger partial charge in [0.1, 0.15) is 5.82 Å². The first-order chi connectivity index (χ1) is 16.2. The number of para-hydroxylation sites is 1. The number of aromatic nitrogens is 3. The molecule has 0 amide bonds. The van der Waals surface area contributed by atoms with Crippen LogP contribution in [0.4, 0.5) is 5.69 Å². The third-order valence-corrected chi connectivity index (χ3v) is 7.18. The second-order valence-corrected chi connectivity index (χ2v) is 9.22. The average Bonchev–Trinajstić information content (AvgIpc) is 3.53. The van der Waals surface area contributed by atoms with Crippen LogP contribution in [-0.4, -0.2) is 21.5 Å². The lowest BCUT2D eigenvalue weighted by Crippen LogP contribution is -2.15. The van der Waals surface area contributed by atoms with Crippen LogP contribution in [0.2, 0.25) is 0 Å². The molecule has 1 aliphatic heterocycles. The van der Waals surface area contributed by atoms with Gasteiger partial charge in [-0.25, -0.2) is 4.98 Å². The van der Waals surface area contributed by atoms with Crippen molar-refractivity contribution in [2.75, 3.05) is 11.9 Å². The standard InChI is InChI=1S/C28H24N4S/c1-3-18-14-30-24-8-7-19(23-15-29-11-9-17(23)2)13-22(24)26(18)28-31-25-6-4-5-21(27(25)32-28)20-10-12-33-16-20/h4-13,15-16,30H,3,14H2,1-2H3,(H,31,32). The van der Waals surface area contributed by atoms with Gasteiger partial charge in [-0.05, 0) is 76.7 Å². The minimum absolute atomic E-state index is 0.832. The number of nitrogens with zero attached hydrogens (tertiary/aromatic N) is 2. The Bertz CT molecular complexity index is 1510. The maximum atomic E-state index is 5.16. The summed E-state index contributed by atoms with van der Waals surface area (Å²) in [4.78, 5) is 13.2. The second kappa shape index (κ2) is 8.01. The van der Waals surface area contributed by atoms with E-state index >= 15 is 0 Å². The molecule has 1 aliphatic rings. The van der Waals surface area contributed by atoms with Crippen molar-refractivity contribution < 1.29 is 0 Å². The van der Waals surface area contributed by atoms with E-state index in [1.165, 1.54) is 39.0 Å². The summed E-state index contributed by atoms with van der Waals surface area (Å²) in [6, 6.07) is 17.2. The summed E-state index contributed by atoms with van der Waals surface area (Å²) in [5.74, 6) is 0.937. The minimum atomic E-state index is 0.832. The highest BCUT2D eigenvalue weighted by molar-refractivity contribution is 7.08. The molecular weight excluding hydrogens is 424 g/mol. The maximum absolute atomic E-state index is 5.16. The van der Waals surface area contributed by atoms with E-state index in [-0.39, 0.29) is 0 Å². The molecule has 0 aliphatic carbocycles. The average molecular weight is 449 g/mol. The Morgan fingerprint density at radius 2 is 1.94 bits per heavy atom. The van der Waals surface area contributed by atoms with Crippen LogP contribution >= 0.6 is 11.3 Å². The Balaban J connectivity index is 1.55. The van der Waals surface area contributed by atoms with Crippen molar-refractivity contribution in [1.29, 1.82) is 0 Å². The topological polar surface area (TPSA) is 53.6 Å². The number of H-pyrrole nitrogens is 1. The van der Waals surface area contributed by atoms with Crippen LogP contribution < -0.4 is 5.32 Å². The Morgan fingerprint density at radius 1 is 1.00 bits per heavy atom. The lowest BCUT2D eigenvalue weighted by Gasteiger charge is -2.24. The zero-order chi connectivity index (χ0) is 22.4. The number of hydrogen-bond donors (Lipinski definition) is 2. The quantitative estimate of drug-likeness (QED) is 0.303. The molecule has 162 valence electrons. The fourth-order valence-electron chi connectivity index (χ4n) is 4.72. The van der Waals surface area contributed by atoms with Gasteiger partial charge in [-0.15, -0.1) is 0 Å². The first kappa shape index (κ1) is 19.9. The summed E-state index contributed by atoms with van der Waals surface area (Å²) in [6.45, 7) is 5.18. The number of imidazole rings is 1. The molecule has 4 heterocycles. The fraction of sp³-hybridized carbons (Fsp3) is 0.143. The highest BCUT2D eigenvalue weighted by Crippen LogP contribution is 2.40. The monoisotopic (exact) mass is 448 g/mol. The van der Waals surface area contributed by atoms with E-state index in [1.807, 2.05) is 12.4 Å². The minimum Gasteiger partial charge on any atom is -0.381 e. The summed E-state index contributed by atoms with van der Waals surface area (Å²) < 4.78 is 0. The lowest BCUT2D eigenvalue weighted by atomic mass is 9.90. The fourth-order valence-corrected chi connectivity index (χ4v) is 5.37. The van der Waals surface area contributed by atoms with Crippen LogP contribution in [0, 0.1) is 6.92 Å². The summed E-state index contributed by atoms with van der Waals surface area (Å²) in [7, 11) is 0. The summed E-state index contributed by atoms with van der Waals surface area (Å²) in [6.07, 6.45) is 4.76. The molecule has 0 radical (unpaired) electrons. The maximum Gasteiger partial charge on any atom is 0.139 e. The van der Waals surface area contributed by atoms with Gasteiger partial charge < -0.3 is 10.3 Å². The highest BCUT2D eigenvalue weighted by Gasteiger charge is 2.23. The number of rotatable bonds is 4. The van der Waals surface area contributed by atoms with E-state index in [1.54, 1.807) is 11.3 Å². The van der Waals surface area contributed by atoms with E-state index in [0.717, 1.165) is 41.1 Å². The molecule has 5 heteroatoms. The van der Waals surface area contributed by atoms with E-state index < -0.39 is 0 Å². The van der Waals surface area contributed by atoms with Crippen molar-refractivity contribution in [3.05, 3.63) is 94.2 Å². The van der Waals surface area contributed by atoms with Gasteiger partial charge in [-0.2, -0.15) is 11.3 Å². The molecule has 0 atom stereocenters. The number of pyridine rings is 1. The number of aromatic amines is 1. The van der Waals surface area contributed by atoms with Crippen LogP contribution in [-0.2, 0) is 0 Å². The predicted octanol–water partition coefficient (Wildman–Crippen LogP) is 7.30. The van der Waals surface area contributed by atoms with Crippen molar-refractivity contribution in [1.82, 2.24) is 15.0 Å². The number of anilines is 1. The number of hydrogen-bond acceptors (Lipinski definition) is 4. The largest absolute Gasteiger partial charge is 0.381 e. The molecule has 0 unspecified atom stereocenters. The van der Waals surface area contributed by atoms with E-state index in [9.17, 15) is 0 Å². The first-order valence-corrected chi connectivity index (χ1v) is 12.2. The van der Waals surface area contributed by atoms with Gasteiger partial charge in [-0.3, -0.25) is 4.98 Å². The molecule has 2 aromatic carbocycles. The van der Waals surface area contributed by atoms with Crippen molar-refractivity contribution in [3.8, 4) is 22.3 Å². The highest BCUT2D eigenvalue weighted by atomic mass is 32.1. The summed E-state index contributed by atoms with van der Waals surface area (Å²) in [5.41, 5.74) is 12.9. The Labute approximate surface area is 197 Å². The van der Waals surface area contributed by atoms with Crippen molar-refractivity contribution in [2.45, 2.75) is 20.3 Å². The Morgan fingerprint density at radius 3 is 2.76 bits per heavy atom. The molecule has 0 bridgehead atoms. The smallest absolute Gasteiger partial charge is 0.139 e. The number of benzene rings is 2. The van der Waals surface area contributed by atoms with Gasteiger partial charge in [-0.1, -0.05) is 25.1 Å². The zero-order valence-corrected chi connectivity index (χ0v) is 19.5. The van der Waals surface area contributed by atoms with Gasteiger partial charge in [0.05, 0.1) is 11.0 Å². The molecule has 6 rings (SSSR count). The number of aryl methyl sites for hydroxylation is 1. The van der Waals surface area contributed by atoms with E-state index in [2.05, 4.69) is 88.4 Å². The molecule has 2 N–H and O–H groups in total. The number of fused-ring (bicyclic) bond motifs is 2. The summed E-state index contributed by atoms with van der Waals surface area (Å²) in [5, 5.41) is 7.91. The molecule has 0 saturated heterocycles. The molecule has 3 aromatic heterocycles. The van der Waals surface area contributed by atoms with Crippen LogP contribution in [0.25, 0.3) is 38.9 Å². The first-order valence-electron chi connectivity index (χ1n) is 11.3. The zero-order valence-electron chi connectivity index (χ0n) is 18.6. The SMILES string of the molecule is CCC1=C(c2nc3c(-c4ccsc4)cccc3[nH]2)c2cc(-c3cnccc3C)ccc2NC1. The molecule has 4 nitrogen and oxygen atoms in total. The van der Waals surface area contributed by atoms with Crippen LogP contribution in [0.15, 0.2) is 77.3 Å². The number of nitrogens with one attached hydrogen (secondary N) is 2. The van der Waals surface area contributed by atoms with Gasteiger partial charge in [0.15, 0.2) is 0 Å². The molecule has 0 spiro atoms. The van der Waals surface area contributed by atoms with E-state index in [0.29, 0.717) is 0 Å². The summed E-state index contributed by atoms with van der Waals surface area (Å²) >= 11 is 1.71. The molecule has 5 aromatic rings. The van der Waals surface area contributed by atoms with Gasteiger partial charge >= 0.3 is 0 Å². The molecule has 0 fully saturated rings. The normalized spacial score (nSPS) is 13.3. The Kier molecular flexibility index (Phi) is 4.84. The number of thiophene rings is 1. The molecule has 33 heavy (non-hydrogen) atoms. The molecule has 0 saturated carbocycles. The second-order valence-electron chi connectivity index (χ2n) is 8.44. The van der Waals surface area contributed by atoms with Crippen LogP contribution in [0.3, 0.4) is 0 Å². The van der Waals surface area contributed by atoms with Gasteiger partial charge in [0.25, 0.3) is 0 Å². The third-order valence-electron chi connectivity index (χ3n) is 6.49. The predicted molar refractivity (Wildman–Crippen MR) is 139 cm³/mol. The van der Waals surface area contributed by atoms with Crippen molar-refractivity contribution in [3.63, 3.8) is 0 Å². The van der Waals surface area contributed by atoms with Crippen molar-refractivity contribution in [2.24, 2.45) is 0 Å². The van der Waals surface area contributed by atoms with Gasteiger partial charge in [0, 0.05) is 46.9 Å². The van der Waals surface area contributed by atoms with E-state index in [4.69, 9.17) is 4.98 Å². The lowest BCUT2D eigenvalue weighted by molar-refractivity contribution is 1.02. The third kappa shape index (κ3) is 3.36. The van der Waals surface area contributed by atoms with Crippen molar-refractivity contribution >= 4 is 33.6 Å². The van der Waals surface area contributed by atoms with Gasteiger partial charge in [0.2, 0.25) is 0 Å². The molecular formula is C28H24N4S. The Hall–Kier alpha value is -3.70. The van der Waals surface area contributed by atoms with Crippen LogP contribution in [0.5, 0.6) is 0 Å². The van der Waals surface area contributed by atoms with Crippen LogP contribution in [0.1, 0.15) is 30.3 Å².